The van der Waals surface area contributed by atoms with E-state index in [4.69, 9.17) is 16.3 Å². The minimum atomic E-state index is -0.773. The van der Waals surface area contributed by atoms with Crippen LogP contribution in [0.15, 0.2) is 24.3 Å². The van der Waals surface area contributed by atoms with Gasteiger partial charge in [-0.25, -0.2) is 0 Å². The first kappa shape index (κ1) is 18.0. The Morgan fingerprint density at radius 1 is 1.15 bits per heavy atom. The number of ether oxygens (including phenoxy) is 1. The van der Waals surface area contributed by atoms with Gasteiger partial charge in [0.25, 0.3) is 5.91 Å². The predicted octanol–water partition coefficient (Wildman–Crippen LogP) is 1.85. The monoisotopic (exact) mass is 390 g/mol. The second kappa shape index (κ2) is 6.96. The van der Waals surface area contributed by atoms with Crippen molar-refractivity contribution in [1.82, 2.24) is 4.90 Å². The van der Waals surface area contributed by atoms with Gasteiger partial charge in [0.05, 0.1) is 11.8 Å². The molecule has 7 nitrogen and oxygen atoms in total. The standard InChI is InChI=1S/C19H19ClN2O5/c20-12-2-1-3-13(7-12)21-14(23)9-27-15(24)8-22-18(25)16-10-4-5-11(6-10)17(16)19(22)26/h1-3,7,10-11,16-17H,4-6,8-9H2,(H,21,23)/t10-,11-,16-,17-/m0/s1. The summed E-state index contributed by atoms with van der Waals surface area (Å²) in [5.74, 6) is -1.84. The second-order valence-corrected chi connectivity index (χ2v) is 7.80. The van der Waals surface area contributed by atoms with E-state index in [1.165, 1.54) is 0 Å². The summed E-state index contributed by atoms with van der Waals surface area (Å²) in [5, 5.41) is 3.02. The summed E-state index contributed by atoms with van der Waals surface area (Å²) in [7, 11) is 0. The number of fused-ring (bicyclic) bond motifs is 5. The number of hydrogen-bond donors (Lipinski definition) is 1. The van der Waals surface area contributed by atoms with Crippen molar-refractivity contribution in [2.24, 2.45) is 23.7 Å². The fourth-order valence-corrected chi connectivity index (χ4v) is 4.90. The van der Waals surface area contributed by atoms with E-state index in [0.717, 1.165) is 24.2 Å². The van der Waals surface area contributed by atoms with Crippen molar-refractivity contribution < 1.29 is 23.9 Å². The summed E-state index contributed by atoms with van der Waals surface area (Å²) in [4.78, 5) is 50.0. The third-order valence-corrected chi connectivity index (χ3v) is 6.01. The molecular formula is C19H19ClN2O5. The van der Waals surface area contributed by atoms with Crippen molar-refractivity contribution in [3.05, 3.63) is 29.3 Å². The van der Waals surface area contributed by atoms with Crippen LogP contribution in [0.4, 0.5) is 5.69 Å². The molecule has 1 saturated heterocycles. The minimum absolute atomic E-state index is 0.265. The Kier molecular flexibility index (Phi) is 4.63. The highest BCUT2D eigenvalue weighted by molar-refractivity contribution is 6.30. The lowest BCUT2D eigenvalue weighted by Crippen LogP contribution is -2.38. The average Bonchev–Trinajstić information content (AvgIpc) is 3.30. The largest absolute Gasteiger partial charge is 0.454 e. The van der Waals surface area contributed by atoms with Crippen LogP contribution < -0.4 is 5.32 Å². The topological polar surface area (TPSA) is 92.8 Å². The number of benzene rings is 1. The third kappa shape index (κ3) is 3.32. The van der Waals surface area contributed by atoms with Crippen molar-refractivity contribution >= 4 is 41.0 Å². The van der Waals surface area contributed by atoms with Gasteiger partial charge in [-0.2, -0.15) is 0 Å². The first-order valence-corrected chi connectivity index (χ1v) is 9.38. The molecule has 2 saturated carbocycles. The summed E-state index contributed by atoms with van der Waals surface area (Å²) < 4.78 is 4.93. The summed E-state index contributed by atoms with van der Waals surface area (Å²) in [6.07, 6.45) is 2.90. The highest BCUT2D eigenvalue weighted by atomic mass is 35.5. The van der Waals surface area contributed by atoms with Gasteiger partial charge in [0.2, 0.25) is 11.8 Å². The van der Waals surface area contributed by atoms with E-state index < -0.39 is 25.0 Å². The van der Waals surface area contributed by atoms with Crippen LogP contribution in [0.1, 0.15) is 19.3 Å². The number of halogens is 1. The van der Waals surface area contributed by atoms with Crippen LogP contribution in [0.25, 0.3) is 0 Å². The molecule has 1 N–H and O–H groups in total. The number of esters is 1. The average molecular weight is 391 g/mol. The van der Waals surface area contributed by atoms with Crippen molar-refractivity contribution in [1.29, 1.82) is 0 Å². The zero-order valence-corrected chi connectivity index (χ0v) is 15.3. The number of rotatable bonds is 5. The first-order chi connectivity index (χ1) is 12.9. The van der Waals surface area contributed by atoms with E-state index in [1.54, 1.807) is 24.3 Å². The molecule has 142 valence electrons. The Hall–Kier alpha value is -2.41. The minimum Gasteiger partial charge on any atom is -0.454 e. The zero-order valence-electron chi connectivity index (χ0n) is 14.5. The van der Waals surface area contributed by atoms with Crippen LogP contribution in [0.2, 0.25) is 5.02 Å². The molecule has 1 aliphatic heterocycles. The van der Waals surface area contributed by atoms with Crippen LogP contribution in [0.5, 0.6) is 0 Å². The Morgan fingerprint density at radius 2 is 1.81 bits per heavy atom. The smallest absolute Gasteiger partial charge is 0.326 e. The van der Waals surface area contributed by atoms with Gasteiger partial charge >= 0.3 is 5.97 Å². The highest BCUT2D eigenvalue weighted by Crippen LogP contribution is 2.56. The van der Waals surface area contributed by atoms with E-state index in [0.29, 0.717) is 10.7 Å². The number of anilines is 1. The summed E-state index contributed by atoms with van der Waals surface area (Å²) in [6, 6.07) is 6.57. The number of nitrogens with zero attached hydrogens (tertiary/aromatic N) is 1. The molecule has 2 bridgehead atoms. The van der Waals surface area contributed by atoms with Gasteiger partial charge in [0.15, 0.2) is 6.61 Å². The summed E-state index contributed by atoms with van der Waals surface area (Å²) in [6.45, 7) is -0.936. The predicted molar refractivity (Wildman–Crippen MR) is 95.6 cm³/mol. The van der Waals surface area contributed by atoms with Gasteiger partial charge in [-0.05, 0) is 49.3 Å². The molecule has 8 heteroatoms. The van der Waals surface area contributed by atoms with Gasteiger partial charge in [-0.3, -0.25) is 24.1 Å². The second-order valence-electron chi connectivity index (χ2n) is 7.37. The maximum absolute atomic E-state index is 12.5. The van der Waals surface area contributed by atoms with Gasteiger partial charge in [0.1, 0.15) is 6.54 Å². The van der Waals surface area contributed by atoms with Crippen LogP contribution in [0.3, 0.4) is 0 Å². The van der Waals surface area contributed by atoms with Gasteiger partial charge in [-0.1, -0.05) is 17.7 Å². The Balaban J connectivity index is 1.29. The van der Waals surface area contributed by atoms with E-state index >= 15 is 0 Å². The number of carbonyl (C=O) groups excluding carboxylic acids is 4. The maximum Gasteiger partial charge on any atom is 0.326 e. The molecule has 1 aromatic carbocycles. The molecule has 27 heavy (non-hydrogen) atoms. The normalized spacial score (nSPS) is 28.4. The SMILES string of the molecule is O=C(COC(=O)CN1C(=O)[C@H]2[C@H]3CC[C@@H](C3)[C@@H]2C1=O)Nc1cccc(Cl)c1. The van der Waals surface area contributed by atoms with Crippen LogP contribution in [-0.2, 0) is 23.9 Å². The van der Waals surface area contributed by atoms with E-state index in [-0.39, 0.29) is 35.5 Å². The molecule has 1 aromatic rings. The molecule has 2 aliphatic carbocycles. The Labute approximate surface area is 161 Å². The van der Waals surface area contributed by atoms with E-state index in [2.05, 4.69) is 5.32 Å². The molecule has 3 amide bonds. The van der Waals surface area contributed by atoms with Crippen LogP contribution in [0, 0.1) is 23.7 Å². The lowest BCUT2D eigenvalue weighted by Gasteiger charge is -2.19. The number of nitrogens with one attached hydrogen (secondary N) is 1. The molecule has 0 spiro atoms. The Morgan fingerprint density at radius 3 is 2.44 bits per heavy atom. The Bertz CT molecular complexity index is 798. The zero-order chi connectivity index (χ0) is 19.1. The van der Waals surface area contributed by atoms with Gasteiger partial charge in [-0.15, -0.1) is 0 Å². The van der Waals surface area contributed by atoms with Crippen LogP contribution in [-0.4, -0.2) is 41.7 Å². The number of carbonyl (C=O) groups is 4. The maximum atomic E-state index is 12.5. The first-order valence-electron chi connectivity index (χ1n) is 9.00. The number of imide groups is 1. The lowest BCUT2D eigenvalue weighted by molar-refractivity contribution is -0.154. The highest BCUT2D eigenvalue weighted by Gasteiger charge is 2.61. The third-order valence-electron chi connectivity index (χ3n) is 5.78. The molecule has 4 atom stereocenters. The quantitative estimate of drug-likeness (QED) is 0.611. The van der Waals surface area contributed by atoms with Crippen molar-refractivity contribution in [3.63, 3.8) is 0 Å². The molecular weight excluding hydrogens is 372 g/mol. The number of hydrogen-bond acceptors (Lipinski definition) is 5. The molecule has 4 rings (SSSR count). The number of amides is 3. The van der Waals surface area contributed by atoms with Crippen molar-refractivity contribution in [2.45, 2.75) is 19.3 Å². The van der Waals surface area contributed by atoms with E-state index in [1.807, 2.05) is 0 Å². The fraction of sp³-hybridized carbons (Fsp3) is 0.474. The summed E-state index contributed by atoms with van der Waals surface area (Å²) >= 11 is 5.84. The van der Waals surface area contributed by atoms with Gasteiger partial charge < -0.3 is 10.1 Å². The molecule has 1 heterocycles. The number of likely N-dealkylation sites (tertiary alicyclic amines) is 1. The lowest BCUT2D eigenvalue weighted by atomic mass is 9.81. The summed E-state index contributed by atoms with van der Waals surface area (Å²) in [5.41, 5.74) is 0.483. The fourth-order valence-electron chi connectivity index (χ4n) is 4.71. The molecule has 0 unspecified atom stereocenters. The van der Waals surface area contributed by atoms with Crippen molar-refractivity contribution in [3.8, 4) is 0 Å². The molecule has 0 aromatic heterocycles. The van der Waals surface area contributed by atoms with Crippen molar-refractivity contribution in [2.75, 3.05) is 18.5 Å². The van der Waals surface area contributed by atoms with Crippen LogP contribution >= 0.6 is 11.6 Å². The molecule has 3 fully saturated rings. The van der Waals surface area contributed by atoms with E-state index in [9.17, 15) is 19.2 Å². The van der Waals surface area contributed by atoms with Gasteiger partial charge in [0, 0.05) is 10.7 Å². The molecule has 0 radical (unpaired) electrons. The molecule has 3 aliphatic rings.